The van der Waals surface area contributed by atoms with Crippen LogP contribution in [-0.2, 0) is 15.6 Å². The second kappa shape index (κ2) is 8.65. The number of ether oxygens (including phenoxy) is 2. The minimum absolute atomic E-state index is 0.148. The van der Waals surface area contributed by atoms with Gasteiger partial charge in [0.2, 0.25) is 5.82 Å². The topological polar surface area (TPSA) is 105 Å². The molecule has 0 aliphatic rings. The number of methoxy groups -OCH3 is 1. The molecule has 0 bridgehead atoms. The van der Waals surface area contributed by atoms with Gasteiger partial charge in [-0.1, -0.05) is 17.3 Å². The van der Waals surface area contributed by atoms with E-state index >= 15 is 0 Å². The monoisotopic (exact) mass is 440 g/mol. The molecular formula is C22H20N2O6S. The fourth-order valence-electron chi connectivity index (χ4n) is 2.99. The number of hydrogen-bond acceptors (Lipinski definition) is 8. The van der Waals surface area contributed by atoms with Crippen molar-refractivity contribution in [3.05, 3.63) is 66.4 Å². The zero-order valence-corrected chi connectivity index (χ0v) is 17.8. The maximum Gasteiger partial charge on any atom is 0.293 e. The summed E-state index contributed by atoms with van der Waals surface area (Å²) in [4.78, 5) is 4.55. The average molecular weight is 440 g/mol. The van der Waals surface area contributed by atoms with Crippen LogP contribution in [0.4, 0.5) is 0 Å². The molecule has 9 heteroatoms. The van der Waals surface area contributed by atoms with E-state index in [1.54, 1.807) is 24.3 Å². The van der Waals surface area contributed by atoms with Gasteiger partial charge in [-0.2, -0.15) is 4.98 Å². The highest BCUT2D eigenvalue weighted by Gasteiger charge is 2.21. The Kier molecular flexibility index (Phi) is 5.77. The fraction of sp³-hybridized carbons (Fsp3) is 0.182. The number of furan rings is 1. The largest absolute Gasteiger partial charge is 0.497 e. The van der Waals surface area contributed by atoms with Crippen molar-refractivity contribution in [3.63, 3.8) is 0 Å². The molecule has 4 aromatic rings. The van der Waals surface area contributed by atoms with Gasteiger partial charge >= 0.3 is 0 Å². The third kappa shape index (κ3) is 4.46. The van der Waals surface area contributed by atoms with Crippen molar-refractivity contribution < 1.29 is 26.8 Å². The third-order valence-electron chi connectivity index (χ3n) is 4.48. The Morgan fingerprint density at radius 1 is 1.00 bits per heavy atom. The molecule has 0 radical (unpaired) electrons. The molecule has 0 N–H and O–H groups in total. The molecule has 31 heavy (non-hydrogen) atoms. The molecule has 0 aliphatic heterocycles. The summed E-state index contributed by atoms with van der Waals surface area (Å²) in [5.74, 6) is 1.97. The summed E-state index contributed by atoms with van der Waals surface area (Å²) in [6.45, 7) is 2.40. The molecule has 0 fully saturated rings. The first-order valence-electron chi connectivity index (χ1n) is 9.52. The number of nitrogens with zero attached hydrogens (tertiary/aromatic N) is 2. The van der Waals surface area contributed by atoms with Gasteiger partial charge in [0.1, 0.15) is 23.0 Å². The number of rotatable bonds is 8. The first kappa shape index (κ1) is 20.7. The molecule has 2 aromatic heterocycles. The molecule has 0 aliphatic carbocycles. The van der Waals surface area contributed by atoms with Crippen LogP contribution in [-0.4, -0.2) is 32.3 Å². The van der Waals surface area contributed by atoms with E-state index in [-0.39, 0.29) is 28.1 Å². The van der Waals surface area contributed by atoms with Crippen molar-refractivity contribution in [3.8, 4) is 34.5 Å². The third-order valence-corrected chi connectivity index (χ3v) is 6.13. The van der Waals surface area contributed by atoms with Crippen LogP contribution in [0.25, 0.3) is 23.0 Å². The molecule has 0 saturated carbocycles. The Labute approximate surface area is 179 Å². The van der Waals surface area contributed by atoms with Gasteiger partial charge < -0.3 is 18.4 Å². The average Bonchev–Trinajstić information content (AvgIpc) is 3.44. The SMILES string of the molecule is CCOc1ccccc1-c1noc(-c2ccc(CS(=O)(=O)c3ccc(OC)cc3)o2)n1. The van der Waals surface area contributed by atoms with Crippen molar-refractivity contribution in [1.82, 2.24) is 10.1 Å². The Hall–Kier alpha value is -3.59. The second-order valence-corrected chi connectivity index (χ2v) is 8.54. The number of sulfone groups is 1. The molecular weight excluding hydrogens is 420 g/mol. The minimum Gasteiger partial charge on any atom is -0.497 e. The summed E-state index contributed by atoms with van der Waals surface area (Å²) < 4.78 is 47.0. The zero-order chi connectivity index (χ0) is 21.8. The van der Waals surface area contributed by atoms with Crippen LogP contribution < -0.4 is 9.47 Å². The van der Waals surface area contributed by atoms with E-state index in [1.165, 1.54) is 19.2 Å². The molecule has 0 amide bonds. The summed E-state index contributed by atoms with van der Waals surface area (Å²) in [6, 6.07) is 16.7. The van der Waals surface area contributed by atoms with Gasteiger partial charge in [0.25, 0.3) is 5.89 Å². The van der Waals surface area contributed by atoms with Gasteiger partial charge in [-0.3, -0.25) is 0 Å². The van der Waals surface area contributed by atoms with E-state index in [9.17, 15) is 8.42 Å². The van der Waals surface area contributed by atoms with Gasteiger partial charge in [-0.05, 0) is 55.5 Å². The van der Waals surface area contributed by atoms with Gasteiger partial charge in [-0.15, -0.1) is 0 Å². The normalized spacial score (nSPS) is 11.4. The van der Waals surface area contributed by atoms with Crippen LogP contribution in [0.3, 0.4) is 0 Å². The van der Waals surface area contributed by atoms with E-state index in [1.807, 2.05) is 31.2 Å². The van der Waals surface area contributed by atoms with Gasteiger partial charge in [0.05, 0.1) is 24.2 Å². The molecule has 0 unspecified atom stereocenters. The highest BCUT2D eigenvalue weighted by atomic mass is 32.2. The molecule has 2 aromatic carbocycles. The van der Waals surface area contributed by atoms with Gasteiger partial charge in [-0.25, -0.2) is 8.42 Å². The number of benzene rings is 2. The van der Waals surface area contributed by atoms with Crippen molar-refractivity contribution in [2.24, 2.45) is 0 Å². The summed E-state index contributed by atoms with van der Waals surface area (Å²) in [7, 11) is -2.07. The quantitative estimate of drug-likeness (QED) is 0.398. The van der Waals surface area contributed by atoms with Gasteiger partial charge in [0, 0.05) is 0 Å². The van der Waals surface area contributed by atoms with E-state index in [2.05, 4.69) is 10.1 Å². The first-order valence-corrected chi connectivity index (χ1v) is 11.2. The maximum atomic E-state index is 12.7. The van der Waals surface area contributed by atoms with Crippen LogP contribution in [0.15, 0.2) is 74.5 Å². The van der Waals surface area contributed by atoms with Crippen molar-refractivity contribution in [2.45, 2.75) is 17.6 Å². The highest BCUT2D eigenvalue weighted by Crippen LogP contribution is 2.30. The minimum atomic E-state index is -3.59. The van der Waals surface area contributed by atoms with E-state index in [0.717, 1.165) is 0 Å². The Morgan fingerprint density at radius 3 is 2.52 bits per heavy atom. The lowest BCUT2D eigenvalue weighted by molar-refractivity contribution is 0.341. The first-order chi connectivity index (χ1) is 15.0. The highest BCUT2D eigenvalue weighted by molar-refractivity contribution is 7.90. The molecule has 8 nitrogen and oxygen atoms in total. The Morgan fingerprint density at radius 2 is 1.77 bits per heavy atom. The number of para-hydroxylation sites is 1. The van der Waals surface area contributed by atoms with E-state index < -0.39 is 9.84 Å². The lowest BCUT2D eigenvalue weighted by Gasteiger charge is -2.05. The van der Waals surface area contributed by atoms with E-state index in [4.69, 9.17) is 18.4 Å². The molecule has 0 spiro atoms. The predicted molar refractivity (Wildman–Crippen MR) is 112 cm³/mol. The summed E-state index contributed by atoms with van der Waals surface area (Å²) in [5, 5.41) is 4.00. The molecule has 0 atom stereocenters. The zero-order valence-electron chi connectivity index (χ0n) is 16.9. The Bertz CT molecular complexity index is 1280. The Balaban J connectivity index is 1.54. The van der Waals surface area contributed by atoms with Crippen molar-refractivity contribution in [2.75, 3.05) is 13.7 Å². The van der Waals surface area contributed by atoms with Crippen LogP contribution >= 0.6 is 0 Å². The maximum absolute atomic E-state index is 12.7. The number of aromatic nitrogens is 2. The molecule has 160 valence electrons. The molecule has 4 rings (SSSR count). The van der Waals surface area contributed by atoms with Gasteiger partial charge in [0.15, 0.2) is 15.6 Å². The summed E-state index contributed by atoms with van der Waals surface area (Å²) in [6.07, 6.45) is 0. The lowest BCUT2D eigenvalue weighted by Crippen LogP contribution is -2.04. The molecule has 0 saturated heterocycles. The second-order valence-electron chi connectivity index (χ2n) is 6.55. The van der Waals surface area contributed by atoms with Crippen LogP contribution in [0.5, 0.6) is 11.5 Å². The number of hydrogen-bond donors (Lipinski definition) is 0. The predicted octanol–water partition coefficient (Wildman–Crippen LogP) is 4.38. The van der Waals surface area contributed by atoms with Crippen molar-refractivity contribution >= 4 is 9.84 Å². The van der Waals surface area contributed by atoms with Crippen molar-refractivity contribution in [1.29, 1.82) is 0 Å². The molecule has 2 heterocycles. The van der Waals surface area contributed by atoms with Crippen LogP contribution in [0.2, 0.25) is 0 Å². The van der Waals surface area contributed by atoms with E-state index in [0.29, 0.717) is 29.5 Å². The standard InChI is InChI=1S/C22H20N2O6S/c1-3-28-19-7-5-4-6-18(19)21-23-22(30-24-21)20-13-10-16(29-20)14-31(25,26)17-11-8-15(27-2)9-12-17/h4-13H,3,14H2,1-2H3. The lowest BCUT2D eigenvalue weighted by atomic mass is 10.2. The van der Waals surface area contributed by atoms with Crippen LogP contribution in [0.1, 0.15) is 12.7 Å². The fourth-order valence-corrected chi connectivity index (χ4v) is 4.24. The summed E-state index contributed by atoms with van der Waals surface area (Å²) in [5.41, 5.74) is 0.688. The summed E-state index contributed by atoms with van der Waals surface area (Å²) >= 11 is 0. The van der Waals surface area contributed by atoms with Crippen LogP contribution in [0, 0.1) is 0 Å². The smallest absolute Gasteiger partial charge is 0.293 e.